The third-order valence-corrected chi connectivity index (χ3v) is 5.80. The number of hydrogen-bond donors (Lipinski definition) is 1. The summed E-state index contributed by atoms with van der Waals surface area (Å²) in [6.45, 7) is 5.36. The Balaban J connectivity index is 1.67. The van der Waals surface area contributed by atoms with Gasteiger partial charge in [-0.1, -0.05) is 17.7 Å². The third kappa shape index (κ3) is 4.25. The summed E-state index contributed by atoms with van der Waals surface area (Å²) in [6.07, 6.45) is 2.69. The van der Waals surface area contributed by atoms with E-state index in [0.717, 1.165) is 40.8 Å². The van der Waals surface area contributed by atoms with Crippen LogP contribution in [0.1, 0.15) is 55.6 Å². The largest absolute Gasteiger partial charge is 0.462 e. The second-order valence-corrected chi connectivity index (χ2v) is 7.83. The van der Waals surface area contributed by atoms with E-state index in [1.165, 1.54) is 11.3 Å². The Labute approximate surface area is 167 Å². The molecule has 0 saturated carbocycles. The normalized spacial score (nSPS) is 12.4. The zero-order valence-electron chi connectivity index (χ0n) is 16.2. The molecule has 0 aliphatic heterocycles. The van der Waals surface area contributed by atoms with Crippen molar-refractivity contribution in [3.8, 4) is 0 Å². The van der Waals surface area contributed by atoms with Crippen LogP contribution >= 0.6 is 11.3 Å². The molecule has 0 atom stereocenters. The smallest absolute Gasteiger partial charge is 0.341 e. The van der Waals surface area contributed by atoms with Gasteiger partial charge in [0.15, 0.2) is 6.61 Å². The SMILES string of the molecule is CCOC(=O)c1c(NC(=O)COC(=O)c2ccc(C)cc2C)sc2c1CCC2. The van der Waals surface area contributed by atoms with E-state index in [1.807, 2.05) is 26.0 Å². The van der Waals surface area contributed by atoms with Crippen molar-refractivity contribution in [2.24, 2.45) is 0 Å². The van der Waals surface area contributed by atoms with E-state index >= 15 is 0 Å². The van der Waals surface area contributed by atoms with Crippen LogP contribution in [-0.2, 0) is 27.1 Å². The van der Waals surface area contributed by atoms with Gasteiger partial charge in [-0.05, 0) is 57.2 Å². The zero-order valence-corrected chi connectivity index (χ0v) is 17.0. The average molecular weight is 401 g/mol. The standard InChI is InChI=1S/C21H23NO5S/c1-4-26-21(25)18-15-6-5-7-16(15)28-19(18)22-17(23)11-27-20(24)14-9-8-12(2)10-13(14)3/h8-10H,4-7,11H2,1-3H3,(H,22,23). The molecule has 0 fully saturated rings. The van der Waals surface area contributed by atoms with Crippen LogP contribution in [0.3, 0.4) is 0 Å². The van der Waals surface area contributed by atoms with Gasteiger partial charge in [0, 0.05) is 4.88 Å². The molecule has 0 radical (unpaired) electrons. The number of hydrogen-bond acceptors (Lipinski definition) is 6. The first-order valence-corrected chi connectivity index (χ1v) is 10.1. The molecule has 0 spiro atoms. The van der Waals surface area contributed by atoms with E-state index in [4.69, 9.17) is 9.47 Å². The van der Waals surface area contributed by atoms with Gasteiger partial charge in [0.05, 0.1) is 17.7 Å². The molecule has 1 heterocycles. The number of rotatable bonds is 6. The number of amides is 1. The summed E-state index contributed by atoms with van der Waals surface area (Å²) < 4.78 is 10.3. The number of benzene rings is 1. The van der Waals surface area contributed by atoms with E-state index in [-0.39, 0.29) is 6.61 Å². The van der Waals surface area contributed by atoms with Crippen LogP contribution in [0.4, 0.5) is 5.00 Å². The predicted octanol–water partition coefficient (Wildman–Crippen LogP) is 3.83. The van der Waals surface area contributed by atoms with Gasteiger partial charge < -0.3 is 14.8 Å². The van der Waals surface area contributed by atoms with E-state index in [9.17, 15) is 14.4 Å². The lowest BCUT2D eigenvalue weighted by Gasteiger charge is -2.09. The second kappa shape index (κ2) is 8.56. The summed E-state index contributed by atoms with van der Waals surface area (Å²) in [7, 11) is 0. The summed E-state index contributed by atoms with van der Waals surface area (Å²) in [4.78, 5) is 38.0. The Morgan fingerprint density at radius 1 is 1.11 bits per heavy atom. The van der Waals surface area contributed by atoms with E-state index in [0.29, 0.717) is 16.1 Å². The first kappa shape index (κ1) is 20.1. The first-order valence-electron chi connectivity index (χ1n) is 9.26. The van der Waals surface area contributed by atoms with Gasteiger partial charge in [0.2, 0.25) is 0 Å². The average Bonchev–Trinajstić information content (AvgIpc) is 3.20. The van der Waals surface area contributed by atoms with Crippen LogP contribution in [0.25, 0.3) is 0 Å². The van der Waals surface area contributed by atoms with Gasteiger partial charge in [-0.25, -0.2) is 9.59 Å². The number of nitrogens with one attached hydrogen (secondary N) is 1. The number of ether oxygens (including phenoxy) is 2. The molecule has 1 N–H and O–H groups in total. The topological polar surface area (TPSA) is 81.7 Å². The minimum Gasteiger partial charge on any atom is -0.462 e. The fraction of sp³-hybridized carbons (Fsp3) is 0.381. The van der Waals surface area contributed by atoms with E-state index in [1.54, 1.807) is 13.0 Å². The summed E-state index contributed by atoms with van der Waals surface area (Å²) in [5.41, 5.74) is 3.67. The van der Waals surface area contributed by atoms with Crippen LogP contribution < -0.4 is 5.32 Å². The van der Waals surface area contributed by atoms with Crippen molar-refractivity contribution in [3.05, 3.63) is 50.9 Å². The van der Waals surface area contributed by atoms with Crippen LogP contribution in [0.15, 0.2) is 18.2 Å². The molecule has 1 aromatic carbocycles. The molecular weight excluding hydrogens is 378 g/mol. The maximum Gasteiger partial charge on any atom is 0.341 e. The number of fused-ring (bicyclic) bond motifs is 1. The molecule has 2 aromatic rings. The van der Waals surface area contributed by atoms with Crippen LogP contribution in [0, 0.1) is 13.8 Å². The van der Waals surface area contributed by atoms with Crippen molar-refractivity contribution in [1.82, 2.24) is 0 Å². The van der Waals surface area contributed by atoms with Crippen molar-refractivity contribution < 1.29 is 23.9 Å². The molecule has 3 rings (SSSR count). The molecule has 1 aliphatic rings. The van der Waals surface area contributed by atoms with Gasteiger partial charge in [0.1, 0.15) is 5.00 Å². The highest BCUT2D eigenvalue weighted by molar-refractivity contribution is 7.17. The molecule has 7 heteroatoms. The second-order valence-electron chi connectivity index (χ2n) is 6.72. The fourth-order valence-electron chi connectivity index (χ4n) is 3.33. The van der Waals surface area contributed by atoms with Crippen molar-refractivity contribution in [3.63, 3.8) is 0 Å². The monoisotopic (exact) mass is 401 g/mol. The van der Waals surface area contributed by atoms with Crippen LogP contribution in [0.2, 0.25) is 0 Å². The number of esters is 2. The molecule has 1 aromatic heterocycles. The van der Waals surface area contributed by atoms with E-state index in [2.05, 4.69) is 5.32 Å². The third-order valence-electron chi connectivity index (χ3n) is 4.59. The summed E-state index contributed by atoms with van der Waals surface area (Å²) in [6, 6.07) is 5.39. The van der Waals surface area contributed by atoms with Crippen LogP contribution in [0.5, 0.6) is 0 Å². The van der Waals surface area contributed by atoms with Gasteiger partial charge >= 0.3 is 11.9 Å². The Bertz CT molecular complexity index is 931. The molecular formula is C21H23NO5S. The lowest BCUT2D eigenvalue weighted by atomic mass is 10.1. The molecule has 148 valence electrons. The number of thiophene rings is 1. The minimum atomic E-state index is -0.549. The maximum absolute atomic E-state index is 12.3. The zero-order chi connectivity index (χ0) is 20.3. The Hall–Kier alpha value is -2.67. The van der Waals surface area contributed by atoms with Gasteiger partial charge in [0.25, 0.3) is 5.91 Å². The Morgan fingerprint density at radius 3 is 2.61 bits per heavy atom. The maximum atomic E-state index is 12.3. The van der Waals surface area contributed by atoms with Crippen molar-refractivity contribution in [2.75, 3.05) is 18.5 Å². The highest BCUT2D eigenvalue weighted by Gasteiger charge is 2.28. The lowest BCUT2D eigenvalue weighted by molar-refractivity contribution is -0.119. The Kier molecular flexibility index (Phi) is 6.14. The number of carbonyl (C=O) groups excluding carboxylic acids is 3. The summed E-state index contributed by atoms with van der Waals surface area (Å²) >= 11 is 1.39. The summed E-state index contributed by atoms with van der Waals surface area (Å²) in [5.74, 6) is -1.46. The lowest BCUT2D eigenvalue weighted by Crippen LogP contribution is -2.22. The van der Waals surface area contributed by atoms with E-state index < -0.39 is 24.5 Å². The summed E-state index contributed by atoms with van der Waals surface area (Å²) in [5, 5.41) is 3.18. The highest BCUT2D eigenvalue weighted by atomic mass is 32.1. The van der Waals surface area contributed by atoms with Crippen molar-refractivity contribution in [2.45, 2.75) is 40.0 Å². The number of carbonyl (C=O) groups is 3. The van der Waals surface area contributed by atoms with Crippen LogP contribution in [-0.4, -0.2) is 31.1 Å². The molecule has 0 unspecified atom stereocenters. The molecule has 1 amide bonds. The molecule has 28 heavy (non-hydrogen) atoms. The van der Waals surface area contributed by atoms with Gasteiger partial charge in [-0.15, -0.1) is 11.3 Å². The first-order chi connectivity index (χ1) is 13.4. The number of aryl methyl sites for hydroxylation is 3. The molecule has 0 saturated heterocycles. The number of anilines is 1. The van der Waals surface area contributed by atoms with Gasteiger partial charge in [-0.2, -0.15) is 0 Å². The molecule has 0 bridgehead atoms. The van der Waals surface area contributed by atoms with Crippen molar-refractivity contribution in [1.29, 1.82) is 0 Å². The Morgan fingerprint density at radius 2 is 1.89 bits per heavy atom. The highest BCUT2D eigenvalue weighted by Crippen LogP contribution is 2.39. The molecule has 6 nitrogen and oxygen atoms in total. The predicted molar refractivity (Wildman–Crippen MR) is 107 cm³/mol. The fourth-order valence-corrected chi connectivity index (χ4v) is 4.62. The quantitative estimate of drug-likeness (QED) is 0.744. The van der Waals surface area contributed by atoms with Gasteiger partial charge in [-0.3, -0.25) is 4.79 Å². The minimum absolute atomic E-state index is 0.268. The molecule has 1 aliphatic carbocycles. The van der Waals surface area contributed by atoms with Crippen molar-refractivity contribution >= 4 is 34.2 Å².